The second-order valence-corrected chi connectivity index (χ2v) is 5.69. The lowest BCUT2D eigenvalue weighted by Crippen LogP contribution is -2.35. The lowest BCUT2D eigenvalue weighted by molar-refractivity contribution is -0.384. The number of nitro groups is 1. The predicted octanol–water partition coefficient (Wildman–Crippen LogP) is 2.44. The molecular formula is C18H19FN4O4. The van der Waals surface area contributed by atoms with Crippen LogP contribution in [0.5, 0.6) is 0 Å². The molecular weight excluding hydrogens is 355 g/mol. The Morgan fingerprint density at radius 2 is 1.78 bits per heavy atom. The summed E-state index contributed by atoms with van der Waals surface area (Å²) < 4.78 is 13.1. The van der Waals surface area contributed by atoms with E-state index in [-0.39, 0.29) is 37.5 Å². The zero-order chi connectivity index (χ0) is 19.8. The number of anilines is 2. The van der Waals surface area contributed by atoms with Gasteiger partial charge in [-0.25, -0.2) is 4.39 Å². The third-order valence-corrected chi connectivity index (χ3v) is 3.78. The van der Waals surface area contributed by atoms with Crippen LogP contribution in [0.1, 0.15) is 12.8 Å². The summed E-state index contributed by atoms with van der Waals surface area (Å²) in [5.74, 6) is -1.33. The number of primary amides is 1. The molecule has 0 radical (unpaired) electrons. The normalized spacial score (nSPS) is 10.3. The van der Waals surface area contributed by atoms with Gasteiger partial charge in [0, 0.05) is 37.7 Å². The van der Waals surface area contributed by atoms with Gasteiger partial charge in [0.2, 0.25) is 11.8 Å². The number of para-hydroxylation sites is 2. The van der Waals surface area contributed by atoms with Crippen LogP contribution in [-0.4, -0.2) is 29.8 Å². The minimum Gasteiger partial charge on any atom is -0.379 e. The lowest BCUT2D eigenvalue weighted by Gasteiger charge is -2.22. The molecule has 2 aromatic carbocycles. The average molecular weight is 374 g/mol. The topological polar surface area (TPSA) is 119 Å². The van der Waals surface area contributed by atoms with E-state index in [2.05, 4.69) is 5.32 Å². The number of rotatable bonds is 9. The second-order valence-electron chi connectivity index (χ2n) is 5.69. The van der Waals surface area contributed by atoms with Crippen molar-refractivity contribution < 1.29 is 18.9 Å². The summed E-state index contributed by atoms with van der Waals surface area (Å²) >= 11 is 0. The second kappa shape index (κ2) is 9.27. The van der Waals surface area contributed by atoms with Crippen molar-refractivity contribution in [2.75, 3.05) is 23.3 Å². The lowest BCUT2D eigenvalue weighted by atomic mass is 10.2. The fourth-order valence-corrected chi connectivity index (χ4v) is 2.46. The first-order valence-corrected chi connectivity index (χ1v) is 8.20. The van der Waals surface area contributed by atoms with Gasteiger partial charge in [-0.1, -0.05) is 12.1 Å². The molecule has 8 nitrogen and oxygen atoms in total. The van der Waals surface area contributed by atoms with Crippen molar-refractivity contribution in [3.8, 4) is 0 Å². The third-order valence-electron chi connectivity index (χ3n) is 3.78. The van der Waals surface area contributed by atoms with E-state index >= 15 is 0 Å². The Morgan fingerprint density at radius 3 is 2.41 bits per heavy atom. The Balaban J connectivity index is 2.04. The smallest absolute Gasteiger partial charge is 0.292 e. The van der Waals surface area contributed by atoms with Crippen molar-refractivity contribution in [2.45, 2.75) is 12.8 Å². The molecule has 2 amide bonds. The number of nitrogens with one attached hydrogen (secondary N) is 1. The van der Waals surface area contributed by atoms with Crippen molar-refractivity contribution in [1.29, 1.82) is 0 Å². The Bertz CT molecular complexity index is 826. The fourth-order valence-electron chi connectivity index (χ4n) is 2.46. The van der Waals surface area contributed by atoms with Crippen LogP contribution in [0.15, 0.2) is 48.5 Å². The highest BCUT2D eigenvalue weighted by atomic mass is 19.1. The highest BCUT2D eigenvalue weighted by Crippen LogP contribution is 2.23. The molecule has 2 rings (SSSR count). The molecule has 0 aliphatic carbocycles. The van der Waals surface area contributed by atoms with Gasteiger partial charge in [-0.05, 0) is 30.3 Å². The molecule has 2 aromatic rings. The molecule has 142 valence electrons. The van der Waals surface area contributed by atoms with Crippen molar-refractivity contribution in [3.63, 3.8) is 0 Å². The number of benzene rings is 2. The molecule has 0 unspecified atom stereocenters. The zero-order valence-electron chi connectivity index (χ0n) is 14.4. The van der Waals surface area contributed by atoms with Crippen molar-refractivity contribution in [1.82, 2.24) is 0 Å². The third kappa shape index (κ3) is 5.77. The van der Waals surface area contributed by atoms with E-state index in [4.69, 9.17) is 5.73 Å². The van der Waals surface area contributed by atoms with Crippen LogP contribution in [0, 0.1) is 15.9 Å². The van der Waals surface area contributed by atoms with Crippen LogP contribution < -0.4 is 16.0 Å². The molecule has 3 N–H and O–H groups in total. The molecule has 0 spiro atoms. The highest BCUT2D eigenvalue weighted by molar-refractivity contribution is 5.94. The SMILES string of the molecule is NC(=O)CCN(C(=O)CCNc1ccccc1[N+](=O)[O-])c1ccc(F)cc1. The van der Waals surface area contributed by atoms with E-state index in [1.807, 2.05) is 0 Å². The van der Waals surface area contributed by atoms with Crippen molar-refractivity contribution in [2.24, 2.45) is 5.73 Å². The molecule has 9 heteroatoms. The number of nitrogens with zero attached hydrogens (tertiary/aromatic N) is 2. The molecule has 0 aliphatic rings. The molecule has 0 aliphatic heterocycles. The number of carbonyl (C=O) groups is 2. The maximum Gasteiger partial charge on any atom is 0.292 e. The maximum absolute atomic E-state index is 13.1. The molecule has 0 atom stereocenters. The van der Waals surface area contributed by atoms with Crippen LogP contribution in [0.3, 0.4) is 0 Å². The Hall–Kier alpha value is -3.49. The van der Waals surface area contributed by atoms with Gasteiger partial charge in [0.1, 0.15) is 11.5 Å². The summed E-state index contributed by atoms with van der Waals surface area (Å²) in [5, 5.41) is 13.9. The van der Waals surface area contributed by atoms with E-state index in [0.29, 0.717) is 11.4 Å². The summed E-state index contributed by atoms with van der Waals surface area (Å²) in [7, 11) is 0. The van der Waals surface area contributed by atoms with Crippen LogP contribution in [0.2, 0.25) is 0 Å². The maximum atomic E-state index is 13.1. The standard InChI is InChI=1S/C18H19FN4O4/c19-13-5-7-14(8-6-13)22(12-10-17(20)24)18(25)9-11-21-15-3-1-2-4-16(15)23(26)27/h1-8,21H,9-12H2,(H2,20,24). The number of nitrogens with two attached hydrogens (primary N) is 1. The van der Waals surface area contributed by atoms with Gasteiger partial charge in [0.15, 0.2) is 0 Å². The van der Waals surface area contributed by atoms with Gasteiger partial charge >= 0.3 is 0 Å². The summed E-state index contributed by atoms with van der Waals surface area (Å²) in [6.07, 6.45) is -0.0249. The molecule has 0 fully saturated rings. The largest absolute Gasteiger partial charge is 0.379 e. The van der Waals surface area contributed by atoms with Crippen LogP contribution in [0.25, 0.3) is 0 Å². The van der Waals surface area contributed by atoms with Gasteiger partial charge in [0.25, 0.3) is 5.69 Å². The average Bonchev–Trinajstić information content (AvgIpc) is 2.63. The molecule has 27 heavy (non-hydrogen) atoms. The Labute approximate surface area is 154 Å². The van der Waals surface area contributed by atoms with Crippen molar-refractivity contribution in [3.05, 3.63) is 64.5 Å². The number of hydrogen-bond donors (Lipinski definition) is 2. The Morgan fingerprint density at radius 1 is 1.11 bits per heavy atom. The highest BCUT2D eigenvalue weighted by Gasteiger charge is 2.17. The van der Waals surface area contributed by atoms with E-state index in [9.17, 15) is 24.1 Å². The number of hydrogen-bond acceptors (Lipinski definition) is 5. The first-order valence-electron chi connectivity index (χ1n) is 8.20. The molecule has 0 bridgehead atoms. The molecule has 0 saturated carbocycles. The van der Waals surface area contributed by atoms with E-state index in [1.165, 1.54) is 35.2 Å². The fraction of sp³-hybridized carbons (Fsp3) is 0.222. The van der Waals surface area contributed by atoms with Gasteiger partial charge in [-0.2, -0.15) is 0 Å². The van der Waals surface area contributed by atoms with E-state index in [1.54, 1.807) is 18.2 Å². The summed E-state index contributed by atoms with van der Waals surface area (Å²) in [4.78, 5) is 35.4. The van der Waals surface area contributed by atoms with Gasteiger partial charge in [0.05, 0.1) is 4.92 Å². The monoisotopic (exact) mass is 374 g/mol. The first-order chi connectivity index (χ1) is 12.9. The number of carbonyl (C=O) groups excluding carboxylic acids is 2. The summed E-state index contributed by atoms with van der Waals surface area (Å²) in [5.41, 5.74) is 5.81. The van der Waals surface area contributed by atoms with Crippen LogP contribution >= 0.6 is 0 Å². The minimum atomic E-state index is -0.562. The molecule has 0 saturated heterocycles. The predicted molar refractivity (Wildman–Crippen MR) is 98.8 cm³/mol. The van der Waals surface area contributed by atoms with Gasteiger partial charge in [-0.15, -0.1) is 0 Å². The molecule has 0 heterocycles. The van der Waals surface area contributed by atoms with E-state index in [0.717, 1.165) is 0 Å². The van der Waals surface area contributed by atoms with Gasteiger partial charge < -0.3 is 16.0 Å². The quantitative estimate of drug-likeness (QED) is 0.516. The molecule has 0 aromatic heterocycles. The van der Waals surface area contributed by atoms with Gasteiger partial charge in [-0.3, -0.25) is 19.7 Å². The summed E-state index contributed by atoms with van der Waals surface area (Å²) in [6.45, 7) is 0.212. The zero-order valence-corrected chi connectivity index (χ0v) is 14.4. The summed E-state index contributed by atoms with van der Waals surface area (Å²) in [6, 6.07) is 11.4. The number of halogens is 1. The van der Waals surface area contributed by atoms with Crippen molar-refractivity contribution >= 4 is 28.9 Å². The first kappa shape index (κ1) is 19.8. The number of nitro benzene ring substituents is 1. The minimum absolute atomic E-state index is 0.0161. The Kier molecular flexibility index (Phi) is 6.81. The van der Waals surface area contributed by atoms with E-state index < -0.39 is 16.6 Å². The van der Waals surface area contributed by atoms with Crippen LogP contribution in [0.4, 0.5) is 21.5 Å². The number of amides is 2. The van der Waals surface area contributed by atoms with Crippen LogP contribution in [-0.2, 0) is 9.59 Å².